The summed E-state index contributed by atoms with van der Waals surface area (Å²) in [5, 5.41) is -0.230. The second-order valence-corrected chi connectivity index (χ2v) is 7.32. The van der Waals surface area contributed by atoms with Crippen LogP contribution in [0, 0.1) is 3.57 Å². The maximum atomic E-state index is 6.66. The van der Waals surface area contributed by atoms with Crippen molar-refractivity contribution in [3.05, 3.63) is 55.6 Å². The quantitative estimate of drug-likeness (QED) is 0.416. The summed E-state index contributed by atoms with van der Waals surface area (Å²) >= 11 is 12.5. The maximum Gasteiger partial charge on any atom is 0.162 e. The zero-order valence-corrected chi connectivity index (χ0v) is 15.6. The highest BCUT2D eigenvalue weighted by molar-refractivity contribution is 14.1. The van der Waals surface area contributed by atoms with Crippen LogP contribution in [0.5, 0.6) is 11.5 Å². The Balaban J connectivity index is 2.00. The Kier molecular flexibility index (Phi) is 4.96. The van der Waals surface area contributed by atoms with Gasteiger partial charge in [0.15, 0.2) is 11.5 Å². The summed E-state index contributed by atoms with van der Waals surface area (Å²) in [6, 6.07) is 12.1. The fraction of sp³-hybridized carbons (Fsp3) is 0.250. The Morgan fingerprint density at radius 1 is 1.10 bits per heavy atom. The van der Waals surface area contributed by atoms with Gasteiger partial charge >= 0.3 is 0 Å². The average molecular weight is 480 g/mol. The topological polar surface area (TPSA) is 18.5 Å². The first-order valence-corrected chi connectivity index (χ1v) is 8.94. The molecule has 0 saturated heterocycles. The lowest BCUT2D eigenvalue weighted by atomic mass is 10.0. The van der Waals surface area contributed by atoms with Crippen molar-refractivity contribution < 1.29 is 9.47 Å². The molecule has 0 radical (unpaired) electrons. The summed E-state index contributed by atoms with van der Waals surface area (Å²) in [5.41, 5.74) is 2.06. The van der Waals surface area contributed by atoms with Crippen molar-refractivity contribution in [3.63, 3.8) is 0 Å². The molecule has 0 N–H and O–H groups in total. The molecule has 0 bridgehead atoms. The van der Waals surface area contributed by atoms with Gasteiger partial charge in [-0.1, -0.05) is 28.1 Å². The predicted molar refractivity (Wildman–Crippen MR) is 96.6 cm³/mol. The fourth-order valence-corrected chi connectivity index (χ4v) is 3.80. The Morgan fingerprint density at radius 3 is 2.52 bits per heavy atom. The minimum Gasteiger partial charge on any atom is -0.490 e. The Labute approximate surface area is 151 Å². The molecule has 0 aliphatic carbocycles. The molecule has 1 heterocycles. The first-order valence-electron chi connectivity index (χ1n) is 6.64. The van der Waals surface area contributed by atoms with E-state index in [-0.39, 0.29) is 5.38 Å². The molecule has 0 spiro atoms. The van der Waals surface area contributed by atoms with Crippen molar-refractivity contribution in [1.82, 2.24) is 0 Å². The number of alkyl halides is 1. The zero-order chi connectivity index (χ0) is 14.8. The molecule has 2 aromatic rings. The molecule has 2 nitrogen and oxygen atoms in total. The van der Waals surface area contributed by atoms with E-state index < -0.39 is 0 Å². The smallest absolute Gasteiger partial charge is 0.162 e. The summed E-state index contributed by atoms with van der Waals surface area (Å²) < 4.78 is 13.5. The van der Waals surface area contributed by atoms with Crippen LogP contribution in [-0.2, 0) is 0 Å². The molecule has 0 aromatic heterocycles. The minimum atomic E-state index is -0.230. The van der Waals surface area contributed by atoms with Gasteiger partial charge < -0.3 is 9.47 Å². The lowest BCUT2D eigenvalue weighted by Crippen LogP contribution is -1.98. The molecule has 2 aromatic carbocycles. The lowest BCUT2D eigenvalue weighted by molar-refractivity contribution is 0.297. The van der Waals surface area contributed by atoms with E-state index in [0.29, 0.717) is 13.2 Å². The monoisotopic (exact) mass is 478 g/mol. The van der Waals surface area contributed by atoms with Crippen molar-refractivity contribution >= 4 is 50.1 Å². The highest BCUT2D eigenvalue weighted by Gasteiger charge is 2.19. The van der Waals surface area contributed by atoms with Crippen molar-refractivity contribution in [3.8, 4) is 11.5 Å². The van der Waals surface area contributed by atoms with Gasteiger partial charge in [0.05, 0.1) is 18.6 Å². The van der Waals surface area contributed by atoms with Gasteiger partial charge in [0.25, 0.3) is 0 Å². The van der Waals surface area contributed by atoms with Crippen LogP contribution in [0.2, 0.25) is 0 Å². The van der Waals surface area contributed by atoms with Crippen molar-refractivity contribution in [2.75, 3.05) is 13.2 Å². The van der Waals surface area contributed by atoms with Crippen LogP contribution in [0.4, 0.5) is 0 Å². The van der Waals surface area contributed by atoms with Gasteiger partial charge in [0.1, 0.15) is 0 Å². The van der Waals surface area contributed by atoms with Crippen LogP contribution in [0.25, 0.3) is 0 Å². The molecule has 1 aliphatic rings. The van der Waals surface area contributed by atoms with Crippen molar-refractivity contribution in [1.29, 1.82) is 0 Å². The van der Waals surface area contributed by atoms with Gasteiger partial charge in [0, 0.05) is 14.5 Å². The van der Waals surface area contributed by atoms with E-state index in [0.717, 1.165) is 33.5 Å². The first-order chi connectivity index (χ1) is 10.1. The van der Waals surface area contributed by atoms with E-state index in [4.69, 9.17) is 21.1 Å². The highest BCUT2D eigenvalue weighted by Crippen LogP contribution is 2.41. The normalized spacial score (nSPS) is 15.4. The van der Waals surface area contributed by atoms with E-state index in [2.05, 4.69) is 50.7 Å². The molecule has 110 valence electrons. The molecule has 0 amide bonds. The third kappa shape index (κ3) is 3.48. The van der Waals surface area contributed by atoms with Crippen molar-refractivity contribution in [2.24, 2.45) is 0 Å². The van der Waals surface area contributed by atoms with E-state index in [9.17, 15) is 0 Å². The van der Waals surface area contributed by atoms with Gasteiger partial charge in [-0.3, -0.25) is 0 Å². The number of ether oxygens (including phenoxy) is 2. The summed E-state index contributed by atoms with van der Waals surface area (Å²) in [7, 11) is 0. The van der Waals surface area contributed by atoms with Crippen LogP contribution >= 0.6 is 50.1 Å². The summed E-state index contributed by atoms with van der Waals surface area (Å²) in [4.78, 5) is 0. The lowest BCUT2D eigenvalue weighted by Gasteiger charge is -2.16. The second kappa shape index (κ2) is 6.75. The molecular formula is C16H13BrClIO2. The largest absolute Gasteiger partial charge is 0.490 e. The third-order valence-corrected chi connectivity index (χ3v) is 5.13. The molecule has 0 saturated carbocycles. The molecule has 1 atom stereocenters. The molecule has 3 rings (SSSR count). The minimum absolute atomic E-state index is 0.230. The Morgan fingerprint density at radius 2 is 1.81 bits per heavy atom. The maximum absolute atomic E-state index is 6.66. The highest BCUT2D eigenvalue weighted by atomic mass is 127. The number of hydrogen-bond donors (Lipinski definition) is 0. The first kappa shape index (κ1) is 15.4. The predicted octanol–water partition coefficient (Wildman–Crippen LogP) is 5.54. The van der Waals surface area contributed by atoms with Gasteiger partial charge in [-0.15, -0.1) is 11.6 Å². The number of fused-ring (bicyclic) bond motifs is 1. The van der Waals surface area contributed by atoms with Gasteiger partial charge in [-0.05, 0) is 58.0 Å². The number of hydrogen-bond acceptors (Lipinski definition) is 2. The van der Waals surface area contributed by atoms with Crippen molar-refractivity contribution in [2.45, 2.75) is 11.8 Å². The molecule has 5 heteroatoms. The number of halogens is 3. The van der Waals surface area contributed by atoms with Crippen LogP contribution in [0.3, 0.4) is 0 Å². The Hall–Kier alpha value is -0.460. The fourth-order valence-electron chi connectivity index (χ4n) is 2.24. The van der Waals surface area contributed by atoms with Gasteiger partial charge in [-0.2, -0.15) is 0 Å². The van der Waals surface area contributed by atoms with Crippen LogP contribution in [-0.4, -0.2) is 13.2 Å². The van der Waals surface area contributed by atoms with E-state index in [1.165, 1.54) is 3.57 Å². The third-order valence-electron chi connectivity index (χ3n) is 3.28. The van der Waals surface area contributed by atoms with E-state index in [1.54, 1.807) is 0 Å². The second-order valence-electron chi connectivity index (χ2n) is 4.79. The standard InChI is InChI=1S/C16H13BrClIO2/c17-13-9-15-14(20-5-2-6-21-15)8-12(13)16(18)10-3-1-4-11(19)7-10/h1,3-4,7-9,16H,2,5-6H2. The molecule has 0 fully saturated rings. The van der Waals surface area contributed by atoms with Crippen LogP contribution < -0.4 is 9.47 Å². The number of benzene rings is 2. The van der Waals surface area contributed by atoms with Crippen LogP contribution in [0.1, 0.15) is 22.9 Å². The van der Waals surface area contributed by atoms with E-state index in [1.807, 2.05) is 24.3 Å². The van der Waals surface area contributed by atoms with Gasteiger partial charge in [-0.25, -0.2) is 0 Å². The molecule has 21 heavy (non-hydrogen) atoms. The molecule has 1 aliphatic heterocycles. The van der Waals surface area contributed by atoms with Gasteiger partial charge in [0.2, 0.25) is 0 Å². The number of rotatable bonds is 2. The summed E-state index contributed by atoms with van der Waals surface area (Å²) in [5.74, 6) is 1.54. The molecule has 1 unspecified atom stereocenters. The van der Waals surface area contributed by atoms with Crippen LogP contribution in [0.15, 0.2) is 40.9 Å². The van der Waals surface area contributed by atoms with E-state index >= 15 is 0 Å². The Bertz CT molecular complexity index is 663. The summed E-state index contributed by atoms with van der Waals surface area (Å²) in [6.07, 6.45) is 0.892. The average Bonchev–Trinajstić information content (AvgIpc) is 2.70. The SMILES string of the molecule is ClC(c1cccc(I)c1)c1cc2c(cc1Br)OCCCO2. The summed E-state index contributed by atoms with van der Waals surface area (Å²) in [6.45, 7) is 1.35. The zero-order valence-electron chi connectivity index (χ0n) is 11.1. The molecular weight excluding hydrogens is 466 g/mol.